The Morgan fingerprint density at radius 3 is 2.88 bits per heavy atom. The largest absolute Gasteiger partial charge is 0.477 e. The second-order valence-corrected chi connectivity index (χ2v) is 3.81. The minimum atomic E-state index is -1.17. The van der Waals surface area contributed by atoms with Crippen LogP contribution in [-0.2, 0) is 13.0 Å². The maximum absolute atomic E-state index is 11.4. The summed E-state index contributed by atoms with van der Waals surface area (Å²) in [6, 6.07) is 1.48. The Morgan fingerprint density at radius 2 is 2.25 bits per heavy atom. The van der Waals surface area contributed by atoms with E-state index in [-0.39, 0.29) is 18.0 Å². The molecule has 2 heterocycles. The summed E-state index contributed by atoms with van der Waals surface area (Å²) in [7, 11) is 1.97. The summed E-state index contributed by atoms with van der Waals surface area (Å²) >= 11 is 0. The normalized spacial score (nSPS) is 15.1. The molecule has 0 saturated heterocycles. The third-order valence-electron chi connectivity index (χ3n) is 2.63. The van der Waals surface area contributed by atoms with Crippen LogP contribution in [0.15, 0.2) is 10.9 Å². The molecule has 6 heteroatoms. The highest BCUT2D eigenvalue weighted by molar-refractivity contribution is 5.87. The average molecular weight is 245 g/mol. The van der Waals surface area contributed by atoms with Gasteiger partial charge in [0.25, 0.3) is 5.56 Å². The van der Waals surface area contributed by atoms with Gasteiger partial charge in [0.05, 0.1) is 0 Å². The Kier molecular flexibility index (Phi) is 3.72. The van der Waals surface area contributed by atoms with E-state index in [0.717, 1.165) is 24.2 Å². The molecule has 0 amide bonds. The standard InChI is InChI=1S/C10H12N2O3.ClH/c1-12-3-2-8-6(5-12)4-7(10(14)15)9(13)11-8;/h4H,2-3,5H2,1H3,(H,11,13)(H,14,15);1H. The van der Waals surface area contributed by atoms with Crippen LogP contribution in [0.25, 0.3) is 0 Å². The van der Waals surface area contributed by atoms with Gasteiger partial charge in [0.1, 0.15) is 5.56 Å². The van der Waals surface area contributed by atoms with Crippen LogP contribution in [0.1, 0.15) is 21.6 Å². The average Bonchev–Trinajstić information content (AvgIpc) is 2.17. The smallest absolute Gasteiger partial charge is 0.341 e. The lowest BCUT2D eigenvalue weighted by molar-refractivity contribution is 0.0694. The van der Waals surface area contributed by atoms with Crippen molar-refractivity contribution in [3.05, 3.63) is 33.2 Å². The lowest BCUT2D eigenvalue weighted by Crippen LogP contribution is -2.31. The van der Waals surface area contributed by atoms with Crippen LogP contribution in [0.2, 0.25) is 0 Å². The molecule has 0 radical (unpaired) electrons. The van der Waals surface area contributed by atoms with E-state index < -0.39 is 11.5 Å². The molecular formula is C10H13ClN2O3. The number of aromatic amines is 1. The van der Waals surface area contributed by atoms with Crippen molar-refractivity contribution in [1.82, 2.24) is 9.88 Å². The summed E-state index contributed by atoms with van der Waals surface area (Å²) in [4.78, 5) is 26.8. The molecule has 5 nitrogen and oxygen atoms in total. The zero-order valence-corrected chi connectivity index (χ0v) is 9.63. The van der Waals surface area contributed by atoms with E-state index in [1.54, 1.807) is 0 Å². The monoisotopic (exact) mass is 244 g/mol. The summed E-state index contributed by atoms with van der Waals surface area (Å²) < 4.78 is 0. The third kappa shape index (κ3) is 2.25. The fraction of sp³-hybridized carbons (Fsp3) is 0.400. The molecule has 1 aliphatic heterocycles. The number of hydrogen-bond donors (Lipinski definition) is 2. The molecule has 0 aliphatic carbocycles. The van der Waals surface area contributed by atoms with Crippen LogP contribution in [0, 0.1) is 0 Å². The van der Waals surface area contributed by atoms with Gasteiger partial charge in [0.15, 0.2) is 0 Å². The number of carbonyl (C=O) groups is 1. The van der Waals surface area contributed by atoms with E-state index in [9.17, 15) is 9.59 Å². The third-order valence-corrected chi connectivity index (χ3v) is 2.63. The van der Waals surface area contributed by atoms with Crippen molar-refractivity contribution in [2.45, 2.75) is 13.0 Å². The van der Waals surface area contributed by atoms with Crippen molar-refractivity contribution in [3.8, 4) is 0 Å². The number of aromatic carboxylic acids is 1. The van der Waals surface area contributed by atoms with Crippen LogP contribution in [-0.4, -0.2) is 34.6 Å². The molecule has 88 valence electrons. The van der Waals surface area contributed by atoms with Crippen LogP contribution in [0.5, 0.6) is 0 Å². The van der Waals surface area contributed by atoms with Crippen LogP contribution >= 0.6 is 12.4 Å². The topological polar surface area (TPSA) is 73.4 Å². The number of likely N-dealkylation sites (N-methyl/N-ethyl adjacent to an activating group) is 1. The number of halogens is 1. The van der Waals surface area contributed by atoms with Crippen LogP contribution < -0.4 is 5.56 Å². The molecule has 1 aromatic heterocycles. The molecule has 0 saturated carbocycles. The molecule has 2 rings (SSSR count). The molecule has 1 aliphatic rings. The SMILES string of the molecule is CN1CCc2[nH]c(=O)c(C(=O)O)cc2C1.Cl. The maximum Gasteiger partial charge on any atom is 0.341 e. The number of aromatic nitrogens is 1. The van der Waals surface area contributed by atoms with Gasteiger partial charge < -0.3 is 15.0 Å². The quantitative estimate of drug-likeness (QED) is 0.754. The molecular weight excluding hydrogens is 232 g/mol. The fourth-order valence-corrected chi connectivity index (χ4v) is 1.81. The van der Waals surface area contributed by atoms with Gasteiger partial charge in [0.2, 0.25) is 0 Å². The number of pyridine rings is 1. The summed E-state index contributed by atoms with van der Waals surface area (Å²) in [6.07, 6.45) is 0.765. The number of fused-ring (bicyclic) bond motifs is 1. The van der Waals surface area contributed by atoms with E-state index >= 15 is 0 Å². The zero-order chi connectivity index (χ0) is 11.0. The first-order valence-electron chi connectivity index (χ1n) is 4.75. The van der Waals surface area contributed by atoms with E-state index in [4.69, 9.17) is 5.11 Å². The van der Waals surface area contributed by atoms with Gasteiger partial charge in [-0.2, -0.15) is 0 Å². The Morgan fingerprint density at radius 1 is 1.56 bits per heavy atom. The van der Waals surface area contributed by atoms with Crippen molar-refractivity contribution in [2.24, 2.45) is 0 Å². The van der Waals surface area contributed by atoms with Gasteiger partial charge in [-0.25, -0.2) is 4.79 Å². The number of hydrogen-bond acceptors (Lipinski definition) is 3. The first kappa shape index (κ1) is 12.7. The van der Waals surface area contributed by atoms with E-state index in [0.29, 0.717) is 6.54 Å². The van der Waals surface area contributed by atoms with Crippen molar-refractivity contribution in [2.75, 3.05) is 13.6 Å². The van der Waals surface area contributed by atoms with Gasteiger partial charge in [0, 0.05) is 25.2 Å². The second kappa shape index (κ2) is 4.67. The lowest BCUT2D eigenvalue weighted by Gasteiger charge is -2.24. The summed E-state index contributed by atoms with van der Waals surface area (Å²) in [5.74, 6) is -1.17. The molecule has 0 fully saturated rings. The van der Waals surface area contributed by atoms with Gasteiger partial charge in [-0.05, 0) is 18.7 Å². The summed E-state index contributed by atoms with van der Waals surface area (Å²) in [6.45, 7) is 1.57. The highest BCUT2D eigenvalue weighted by Crippen LogP contribution is 2.14. The molecule has 1 aromatic rings. The highest BCUT2D eigenvalue weighted by atomic mass is 35.5. The van der Waals surface area contributed by atoms with Crippen molar-refractivity contribution < 1.29 is 9.90 Å². The first-order valence-corrected chi connectivity index (χ1v) is 4.75. The van der Waals surface area contributed by atoms with Crippen molar-refractivity contribution in [3.63, 3.8) is 0 Å². The van der Waals surface area contributed by atoms with Gasteiger partial charge >= 0.3 is 5.97 Å². The van der Waals surface area contributed by atoms with E-state index in [1.165, 1.54) is 6.07 Å². The molecule has 0 atom stereocenters. The number of rotatable bonds is 1. The van der Waals surface area contributed by atoms with Crippen LogP contribution in [0.4, 0.5) is 0 Å². The van der Waals surface area contributed by atoms with Crippen molar-refractivity contribution in [1.29, 1.82) is 0 Å². The predicted molar refractivity (Wildman–Crippen MR) is 61.3 cm³/mol. The Labute approximate surface area is 98.5 Å². The maximum atomic E-state index is 11.4. The number of carboxylic acid groups (broad SMARTS) is 1. The van der Waals surface area contributed by atoms with E-state index in [2.05, 4.69) is 9.88 Å². The number of H-pyrrole nitrogens is 1. The van der Waals surface area contributed by atoms with Gasteiger partial charge in [-0.1, -0.05) is 0 Å². The number of carboxylic acids is 1. The molecule has 0 bridgehead atoms. The second-order valence-electron chi connectivity index (χ2n) is 3.81. The lowest BCUT2D eigenvalue weighted by atomic mass is 10.0. The van der Waals surface area contributed by atoms with Gasteiger partial charge in [-0.15, -0.1) is 12.4 Å². The van der Waals surface area contributed by atoms with E-state index in [1.807, 2.05) is 7.05 Å². The zero-order valence-electron chi connectivity index (χ0n) is 8.82. The minimum absolute atomic E-state index is 0. The summed E-state index contributed by atoms with van der Waals surface area (Å²) in [5.41, 5.74) is 1.08. The minimum Gasteiger partial charge on any atom is -0.477 e. The molecule has 16 heavy (non-hydrogen) atoms. The van der Waals surface area contributed by atoms with Gasteiger partial charge in [-0.3, -0.25) is 4.79 Å². The fourth-order valence-electron chi connectivity index (χ4n) is 1.81. The predicted octanol–water partition coefficient (Wildman–Crippen LogP) is 0.483. The van der Waals surface area contributed by atoms with Crippen LogP contribution in [0.3, 0.4) is 0 Å². The Bertz CT molecular complexity index is 470. The number of nitrogens with one attached hydrogen (secondary N) is 1. The first-order chi connectivity index (χ1) is 7.08. The number of nitrogens with zero attached hydrogens (tertiary/aromatic N) is 1. The Balaban J connectivity index is 0.00000128. The molecule has 0 unspecified atom stereocenters. The molecule has 0 spiro atoms. The van der Waals surface area contributed by atoms with Crippen molar-refractivity contribution >= 4 is 18.4 Å². The summed E-state index contributed by atoms with van der Waals surface area (Å²) in [5, 5.41) is 8.80. The highest BCUT2D eigenvalue weighted by Gasteiger charge is 2.18. The molecule has 0 aromatic carbocycles. The Hall–Kier alpha value is -1.33. The molecule has 2 N–H and O–H groups in total.